The average molecular weight is 1210 g/mol. The van der Waals surface area contributed by atoms with E-state index in [1.165, 1.54) is 6.20 Å². The van der Waals surface area contributed by atoms with Crippen molar-refractivity contribution in [2.24, 2.45) is 23.7 Å². The van der Waals surface area contributed by atoms with E-state index < -0.39 is 69.8 Å². The zero-order chi connectivity index (χ0) is 64.7. The number of hydrogen-bond acceptors (Lipinski definition) is 21. The van der Waals surface area contributed by atoms with Gasteiger partial charge >= 0.3 is 11.9 Å². The number of esters is 1. The maximum atomic E-state index is 12.7. The van der Waals surface area contributed by atoms with Crippen LogP contribution in [0, 0.1) is 23.7 Å². The Balaban J connectivity index is 0. The molecule has 486 valence electrons. The second kappa shape index (κ2) is 41.2. The Morgan fingerprint density at radius 2 is 1.49 bits per heavy atom. The lowest BCUT2D eigenvalue weighted by molar-refractivity contribution is -0.203. The van der Waals surface area contributed by atoms with Gasteiger partial charge in [-0.3, -0.25) is 23.2 Å². The first kappa shape index (κ1) is 81.1. The predicted octanol–water partition coefficient (Wildman–Crippen LogP) is 3.12. The number of nitrogens with zero attached hydrogens (tertiary/aromatic N) is 4. The molecule has 1 aromatic carbocycles. The molecular weight excluding hydrogens is 1100 g/mol. The van der Waals surface area contributed by atoms with Crippen molar-refractivity contribution in [2.45, 2.75) is 194 Å². The Hall–Kier alpha value is -3.93. The third kappa shape index (κ3) is 28.4. The van der Waals surface area contributed by atoms with Gasteiger partial charge in [-0.15, -0.1) is 0 Å². The smallest absolute Gasteiger partial charge is 0.341 e. The largest absolute Gasteiger partial charge is 0.483 e. The van der Waals surface area contributed by atoms with Gasteiger partial charge in [0, 0.05) is 71.5 Å². The van der Waals surface area contributed by atoms with Gasteiger partial charge in [-0.05, 0) is 136 Å². The quantitative estimate of drug-likeness (QED) is 0.0596. The molecule has 0 radical (unpaired) electrons. The fraction of sp³-hybridized carbons (Fsp3) is 0.793. The molecular formula is C58H109N5O19S. The van der Waals surface area contributed by atoms with Gasteiger partial charge in [-0.25, -0.2) is 4.79 Å². The number of carboxylic acid groups (broad SMARTS) is 2. The summed E-state index contributed by atoms with van der Waals surface area (Å²) in [4.78, 5) is 49.3. The molecule has 1 aromatic heterocycles. The Kier molecular flexibility index (Phi) is 40.3. The summed E-state index contributed by atoms with van der Waals surface area (Å²) in [5.41, 5.74) is -0.546. The van der Waals surface area contributed by atoms with E-state index in [1.54, 1.807) is 56.7 Å². The molecule has 4 heterocycles. The van der Waals surface area contributed by atoms with Crippen molar-refractivity contribution in [3.05, 3.63) is 45.7 Å². The number of aliphatic hydroxyl groups is 7. The monoisotopic (exact) mass is 1210 g/mol. The molecule has 25 heteroatoms. The molecule has 2 aromatic rings. The number of aryl methyl sites for hydroxylation is 1. The molecule has 5 rings (SSSR count). The normalized spacial score (nSPS) is 29.8. The number of hydrogen-bond donors (Lipinski definition) is 10. The van der Waals surface area contributed by atoms with E-state index in [1.807, 2.05) is 75.7 Å². The summed E-state index contributed by atoms with van der Waals surface area (Å²) in [6.45, 7) is 22.6. The van der Waals surface area contributed by atoms with E-state index >= 15 is 0 Å². The molecule has 83 heavy (non-hydrogen) atoms. The van der Waals surface area contributed by atoms with Gasteiger partial charge in [-0.2, -0.15) is 8.42 Å². The fourth-order valence-corrected chi connectivity index (χ4v) is 11.4. The Morgan fingerprint density at radius 3 is 2.01 bits per heavy atom. The van der Waals surface area contributed by atoms with Crippen LogP contribution in [0.25, 0.3) is 10.9 Å². The van der Waals surface area contributed by atoms with Gasteiger partial charge in [0.05, 0.1) is 59.9 Å². The number of aliphatic hydroxyl groups excluding tert-OH is 6. The summed E-state index contributed by atoms with van der Waals surface area (Å²) < 4.78 is 47.9. The lowest BCUT2D eigenvalue weighted by atomic mass is 9.79. The number of ether oxygens (including phenoxy) is 3. The fourth-order valence-electron chi connectivity index (χ4n) is 10.3. The van der Waals surface area contributed by atoms with E-state index in [9.17, 15) is 53.4 Å². The first-order valence-electron chi connectivity index (χ1n) is 28.8. The number of pyridine rings is 1. The van der Waals surface area contributed by atoms with E-state index in [-0.39, 0.29) is 72.3 Å². The number of cyclic esters (lactones) is 1. The highest BCUT2D eigenvalue weighted by Crippen LogP contribution is 2.31. The average Bonchev–Trinajstić information content (AvgIpc) is 3.64. The molecule has 5 unspecified atom stereocenters. The summed E-state index contributed by atoms with van der Waals surface area (Å²) in [5.74, 6) is -2.46. The summed E-state index contributed by atoms with van der Waals surface area (Å²) in [6.07, 6.45) is 1.57. The van der Waals surface area contributed by atoms with Crippen LogP contribution in [0.2, 0.25) is 0 Å². The number of fused-ring (bicyclic) bond motifs is 1. The summed E-state index contributed by atoms with van der Waals surface area (Å²) in [6, 6.07) is 5.77. The number of carbonyl (C=O) groups is 3. The number of benzene rings is 1. The maximum Gasteiger partial charge on any atom is 0.341 e. The van der Waals surface area contributed by atoms with Crippen LogP contribution in [0.5, 0.6) is 0 Å². The zero-order valence-electron chi connectivity index (χ0n) is 53.0. The summed E-state index contributed by atoms with van der Waals surface area (Å²) >= 11 is 0. The lowest BCUT2D eigenvalue weighted by Crippen LogP contribution is -2.47. The molecule has 0 spiro atoms. The molecule has 0 aliphatic carbocycles. The molecule has 3 saturated heterocycles. The Bertz CT molecular complexity index is 2280. The highest BCUT2D eigenvalue weighted by molar-refractivity contribution is 7.86. The third-order valence-corrected chi connectivity index (χ3v) is 15.8. The van der Waals surface area contributed by atoms with Crippen molar-refractivity contribution in [3.8, 4) is 0 Å². The summed E-state index contributed by atoms with van der Waals surface area (Å²) in [5, 5.41) is 86.7. The van der Waals surface area contributed by atoms with Crippen LogP contribution in [0.1, 0.15) is 137 Å². The van der Waals surface area contributed by atoms with Crippen molar-refractivity contribution >= 4 is 39.4 Å². The van der Waals surface area contributed by atoms with Gasteiger partial charge < -0.3 is 80.3 Å². The topological polar surface area (TPSA) is 348 Å². The number of rotatable bonds is 13. The Labute approximate surface area is 494 Å². The number of carboxylic acids is 1. The standard InChI is InChI=1S/C24H35N3O8S.C21H41NO5.C8H17NO2.C2H6.CH2O2.2CH4O/c1-15-12-21(28)34-16(2)23(15)35-36(32,33)11-10-25-9-5-6-17-7-8-20-18(13-17)22(29)19(24(30)31)14-27(20)26(3)4;1-8-18-17(23)10-16(5)22(7)12-13(2)11-21(6,26)19(24)14(3)9-15(4)20(25)27-18;1-6-4-7(9(2)3)8(10)5-11-6;1-2;2-1-3;2*1-2/h7-8,13-16,21,23,25,28H,5-6,9-12H2,1-4H3,(H,30,31);13-19,23-24,26H,8-12H2,1-7H3;6-8,10H,4-5H2,1-3H3;1-2H3;1H,(H,2,3);2*2H,1H3/t15?,16-,21+,23+;13-,14+,15?,16-,17?,18-,19-,21?;6-,7+,8?;;;;/m011..../s1. The molecule has 10 N–H and O–H groups in total. The molecule has 3 fully saturated rings. The molecule has 3 aliphatic rings. The molecule has 0 bridgehead atoms. The van der Waals surface area contributed by atoms with E-state index in [4.69, 9.17) is 38.5 Å². The van der Waals surface area contributed by atoms with Crippen LogP contribution in [0.4, 0.5) is 0 Å². The highest BCUT2D eigenvalue weighted by atomic mass is 32.2. The highest BCUT2D eigenvalue weighted by Gasteiger charge is 2.39. The molecule has 24 nitrogen and oxygen atoms in total. The van der Waals surface area contributed by atoms with Crippen LogP contribution >= 0.6 is 0 Å². The van der Waals surface area contributed by atoms with Gasteiger partial charge in [-0.1, -0.05) is 54.5 Å². The van der Waals surface area contributed by atoms with Gasteiger partial charge in [0.1, 0.15) is 17.8 Å². The van der Waals surface area contributed by atoms with Crippen LogP contribution < -0.4 is 15.8 Å². The van der Waals surface area contributed by atoms with Crippen molar-refractivity contribution in [1.29, 1.82) is 0 Å². The second-order valence-corrected chi connectivity index (χ2v) is 23.9. The first-order chi connectivity index (χ1) is 38.8. The van der Waals surface area contributed by atoms with Crippen molar-refractivity contribution in [2.75, 3.05) is 86.5 Å². The molecule has 0 amide bonds. The van der Waals surface area contributed by atoms with E-state index in [0.717, 1.165) is 32.7 Å². The SMILES string of the molecule is CC.CC1C[C@H](O)O[C@@H](C)[C@@H]1OS(=O)(=O)CCNCCCc1ccc2c(c1)c(=O)c(C(=O)O)cn2N(C)C.CC[C@H]1OC(=O)C(C)C[C@H](C)[C@@H](O)C(C)(O)C[C@@H](C)CN(C)[C@H](C)CC1O.CO.CO.C[C@@H]1C[C@H](N(C)C)C(O)CO1.O=CO. The minimum absolute atomic E-state index is 0.103. The number of carbonyl (C=O) groups excluding carboxylic acids is 1. The van der Waals surface area contributed by atoms with Crippen molar-refractivity contribution in [3.63, 3.8) is 0 Å². The number of likely N-dealkylation sites (N-methyl/N-ethyl adjacent to an activating group) is 1. The number of nitrogens with one attached hydrogen (secondary N) is 1. The molecule has 15 atom stereocenters. The van der Waals surface area contributed by atoms with Crippen molar-refractivity contribution in [1.82, 2.24) is 19.8 Å². The first-order valence-corrected chi connectivity index (χ1v) is 30.4. The predicted molar refractivity (Wildman–Crippen MR) is 322 cm³/mol. The van der Waals surface area contributed by atoms with E-state index in [2.05, 4.69) is 22.0 Å². The maximum absolute atomic E-state index is 12.7. The van der Waals surface area contributed by atoms with Gasteiger partial charge in [0.15, 0.2) is 6.29 Å². The van der Waals surface area contributed by atoms with E-state index in [0.29, 0.717) is 69.0 Å². The summed E-state index contributed by atoms with van der Waals surface area (Å²) in [7, 11) is 7.73. The van der Waals surface area contributed by atoms with Gasteiger partial charge in [0.2, 0.25) is 5.43 Å². The zero-order valence-corrected chi connectivity index (χ0v) is 53.8. The Morgan fingerprint density at radius 1 is 0.904 bits per heavy atom. The number of aromatic carboxylic acids is 1. The molecule has 3 aliphatic heterocycles. The molecule has 0 saturated carbocycles. The van der Waals surface area contributed by atoms with Crippen LogP contribution in [-0.2, 0) is 44.5 Å². The van der Waals surface area contributed by atoms with Crippen LogP contribution in [-0.4, -0.2) is 235 Å². The minimum Gasteiger partial charge on any atom is -0.483 e. The van der Waals surface area contributed by atoms with Crippen LogP contribution in [0.3, 0.4) is 0 Å². The van der Waals surface area contributed by atoms with Crippen LogP contribution in [0.15, 0.2) is 29.2 Å². The van der Waals surface area contributed by atoms with Crippen molar-refractivity contribution < 1.29 is 87.2 Å². The number of aromatic nitrogens is 1. The minimum atomic E-state index is -3.77. The lowest BCUT2D eigenvalue weighted by Gasteiger charge is -2.37. The second-order valence-electron chi connectivity index (χ2n) is 22.2. The van der Waals surface area contributed by atoms with Gasteiger partial charge in [0.25, 0.3) is 16.6 Å². The third-order valence-electron chi connectivity index (χ3n) is 14.6.